The molecule has 0 aliphatic heterocycles. The van der Waals surface area contributed by atoms with Crippen LogP contribution in [0.3, 0.4) is 0 Å². The van der Waals surface area contributed by atoms with Crippen molar-refractivity contribution >= 4 is 17.9 Å². The van der Waals surface area contributed by atoms with Gasteiger partial charge in [0.1, 0.15) is 23.4 Å². The largest absolute Gasteiger partial charge is 0.458 e. The zero-order chi connectivity index (χ0) is 32.6. The zero-order valence-corrected chi connectivity index (χ0v) is 27.7. The third-order valence-corrected chi connectivity index (χ3v) is 12.4. The number of allylic oxidation sites excluding steroid dienone is 1. The molecule has 0 saturated heterocycles. The van der Waals surface area contributed by atoms with E-state index in [4.69, 9.17) is 14.2 Å². The number of aliphatic hydroxyl groups is 2. The fourth-order valence-electron chi connectivity index (χ4n) is 9.84. The van der Waals surface area contributed by atoms with E-state index < -0.39 is 64.2 Å². The maximum atomic E-state index is 14.0. The van der Waals surface area contributed by atoms with Gasteiger partial charge < -0.3 is 24.4 Å². The summed E-state index contributed by atoms with van der Waals surface area (Å²) < 4.78 is 19.0. The minimum Gasteiger partial charge on any atom is -0.458 e. The summed E-state index contributed by atoms with van der Waals surface area (Å²) in [6.45, 7) is 16.6. The molecule has 0 spiro atoms. The van der Waals surface area contributed by atoms with E-state index in [9.17, 15) is 24.6 Å². The number of benzene rings is 1. The number of hydrogen-bond acceptors (Lipinski definition) is 8. The van der Waals surface area contributed by atoms with Crippen molar-refractivity contribution in [3.8, 4) is 0 Å². The Bertz CT molecular complexity index is 1350. The van der Waals surface area contributed by atoms with Crippen LogP contribution in [0.2, 0.25) is 0 Å². The second-order valence-electron chi connectivity index (χ2n) is 15.1. The number of carbonyl (C=O) groups excluding carboxylic acids is 3. The molecule has 2 bridgehead atoms. The topological polar surface area (TPSA) is 119 Å². The van der Waals surface area contributed by atoms with E-state index in [2.05, 4.69) is 20.8 Å². The molecule has 5 rings (SSSR count). The van der Waals surface area contributed by atoms with E-state index in [1.165, 1.54) is 13.8 Å². The number of hydrogen-bond donors (Lipinski definition) is 2. The third-order valence-electron chi connectivity index (χ3n) is 12.4. The van der Waals surface area contributed by atoms with E-state index in [0.29, 0.717) is 24.0 Å². The molecule has 4 aliphatic rings. The van der Waals surface area contributed by atoms with Gasteiger partial charge in [0.2, 0.25) is 0 Å². The van der Waals surface area contributed by atoms with Crippen molar-refractivity contribution in [2.75, 3.05) is 0 Å². The monoisotopic (exact) mass is 610 g/mol. The summed E-state index contributed by atoms with van der Waals surface area (Å²) in [5.74, 6) is -2.63. The molecular weight excluding hydrogens is 560 g/mol. The van der Waals surface area contributed by atoms with Crippen molar-refractivity contribution < 1.29 is 38.8 Å². The van der Waals surface area contributed by atoms with Gasteiger partial charge in [-0.05, 0) is 74.0 Å². The fourth-order valence-corrected chi connectivity index (χ4v) is 9.84. The van der Waals surface area contributed by atoms with E-state index >= 15 is 0 Å². The first kappa shape index (κ1) is 32.7. The van der Waals surface area contributed by atoms with E-state index in [-0.39, 0.29) is 30.1 Å². The van der Waals surface area contributed by atoms with Crippen molar-refractivity contribution in [3.05, 3.63) is 47.0 Å². The summed E-state index contributed by atoms with van der Waals surface area (Å²) >= 11 is 0. The van der Waals surface area contributed by atoms with Crippen LogP contribution >= 0.6 is 0 Å². The van der Waals surface area contributed by atoms with Gasteiger partial charge in [0, 0.05) is 30.6 Å². The Morgan fingerprint density at radius 2 is 1.64 bits per heavy atom. The van der Waals surface area contributed by atoms with Crippen LogP contribution in [-0.4, -0.2) is 57.6 Å². The smallest absolute Gasteiger partial charge is 0.338 e. The molecule has 8 nitrogen and oxygen atoms in total. The van der Waals surface area contributed by atoms with Crippen LogP contribution in [0.15, 0.2) is 41.5 Å². The first-order valence-corrected chi connectivity index (χ1v) is 16.2. The molecule has 44 heavy (non-hydrogen) atoms. The molecule has 242 valence electrons. The van der Waals surface area contributed by atoms with Gasteiger partial charge in [-0.3, -0.25) is 9.59 Å². The highest BCUT2D eigenvalue weighted by atomic mass is 16.6. The number of esters is 3. The lowest BCUT2D eigenvalue weighted by atomic mass is 9.39. The van der Waals surface area contributed by atoms with Gasteiger partial charge in [-0.15, -0.1) is 0 Å². The first-order valence-electron chi connectivity index (χ1n) is 16.2. The van der Waals surface area contributed by atoms with Crippen LogP contribution < -0.4 is 0 Å². The second-order valence-corrected chi connectivity index (χ2v) is 15.1. The summed E-state index contributed by atoms with van der Waals surface area (Å²) in [6, 6.07) is 8.69. The number of fused-ring (bicyclic) bond motifs is 5. The standard InChI is InChI=1S/C36H50O8/c1-19(2)26-18-36(41)31(43-32(40)24-13-11-10-12-14-24)29-34(9,20(3)17-25-15-16-35(25,29)44-23(6)38)30(39)28(42-22(5)37)27(21(26)4)33(36,7)8/h10-14,19-20,25-26,28-31,39,41H,15-18H2,1-9H3/t20-,25+,26+,28+,29-,30-,31-,34+,35-,36+/m0/s1. The normalized spacial score (nSPS) is 40.9. The highest BCUT2D eigenvalue weighted by Gasteiger charge is 2.76. The summed E-state index contributed by atoms with van der Waals surface area (Å²) in [5, 5.41) is 26.1. The van der Waals surface area contributed by atoms with Crippen LogP contribution in [-0.2, 0) is 23.8 Å². The van der Waals surface area contributed by atoms with Crippen LogP contribution in [0.1, 0.15) is 98.4 Å². The minimum atomic E-state index is -1.67. The molecule has 3 fully saturated rings. The SMILES string of the molecule is CC(=O)O[C@@H]1C2=C(C)[C@@H](C(C)C)C[C@@](O)([C@@H](OC(=O)c3ccccc3)[C@@H]3[C@]4(OC(C)=O)CC[C@@H]4C[C@H](C)[C@@]3(C)[C@H]1O)C2(C)C. The Hall–Kier alpha value is -2.71. The lowest BCUT2D eigenvalue weighted by Crippen LogP contribution is -2.78. The summed E-state index contributed by atoms with van der Waals surface area (Å²) in [6.07, 6.45) is -1.17. The van der Waals surface area contributed by atoms with Gasteiger partial charge in [0.25, 0.3) is 0 Å². The molecule has 1 aromatic carbocycles. The Morgan fingerprint density at radius 1 is 1.00 bits per heavy atom. The molecule has 1 aromatic rings. The van der Waals surface area contributed by atoms with Crippen molar-refractivity contribution in [3.63, 3.8) is 0 Å². The molecule has 10 atom stereocenters. The highest BCUT2D eigenvalue weighted by Crippen LogP contribution is 2.69. The maximum Gasteiger partial charge on any atom is 0.338 e. The second kappa shape index (κ2) is 11.0. The Kier molecular flexibility index (Phi) is 8.15. The van der Waals surface area contributed by atoms with Crippen molar-refractivity contribution in [1.82, 2.24) is 0 Å². The van der Waals surface area contributed by atoms with Crippen LogP contribution in [0.4, 0.5) is 0 Å². The molecule has 3 saturated carbocycles. The number of aliphatic hydroxyl groups excluding tert-OH is 1. The van der Waals surface area contributed by atoms with Crippen molar-refractivity contribution in [2.24, 2.45) is 40.4 Å². The van der Waals surface area contributed by atoms with Gasteiger partial charge >= 0.3 is 17.9 Å². The molecule has 8 heteroatoms. The molecule has 4 aliphatic carbocycles. The molecule has 2 N–H and O–H groups in total. The average molecular weight is 611 g/mol. The number of ether oxygens (including phenoxy) is 3. The quantitative estimate of drug-likeness (QED) is 0.250. The van der Waals surface area contributed by atoms with E-state index in [1.807, 2.05) is 33.8 Å². The molecule has 0 radical (unpaired) electrons. The predicted octanol–water partition coefficient (Wildman–Crippen LogP) is 5.64. The molecule has 0 heterocycles. The van der Waals surface area contributed by atoms with Gasteiger partial charge in [-0.2, -0.15) is 0 Å². The number of rotatable bonds is 5. The average Bonchev–Trinajstić information content (AvgIpc) is 2.93. The van der Waals surface area contributed by atoms with E-state index in [1.54, 1.807) is 24.3 Å². The van der Waals surface area contributed by atoms with Gasteiger partial charge in [-0.1, -0.05) is 65.3 Å². The fraction of sp³-hybridized carbons (Fsp3) is 0.694. The summed E-state index contributed by atoms with van der Waals surface area (Å²) in [5.41, 5.74) is -2.97. The van der Waals surface area contributed by atoms with Crippen LogP contribution in [0.25, 0.3) is 0 Å². The Morgan fingerprint density at radius 3 is 2.16 bits per heavy atom. The van der Waals surface area contributed by atoms with Gasteiger partial charge in [-0.25, -0.2) is 4.79 Å². The maximum absolute atomic E-state index is 14.0. The van der Waals surface area contributed by atoms with Crippen molar-refractivity contribution in [2.45, 2.75) is 118 Å². The Balaban J connectivity index is 1.86. The molecule has 0 unspecified atom stereocenters. The van der Waals surface area contributed by atoms with Gasteiger partial charge in [0.15, 0.2) is 6.10 Å². The molecular formula is C36H50O8. The van der Waals surface area contributed by atoms with Crippen LogP contribution in [0, 0.1) is 40.4 Å². The zero-order valence-electron chi connectivity index (χ0n) is 27.7. The van der Waals surface area contributed by atoms with E-state index in [0.717, 1.165) is 12.0 Å². The highest BCUT2D eigenvalue weighted by molar-refractivity contribution is 5.89. The predicted molar refractivity (Wildman–Crippen MR) is 164 cm³/mol. The Labute approximate surface area is 261 Å². The summed E-state index contributed by atoms with van der Waals surface area (Å²) in [4.78, 5) is 39.6. The number of carbonyl (C=O) groups is 3. The lowest BCUT2D eigenvalue weighted by molar-refractivity contribution is -0.313. The van der Waals surface area contributed by atoms with Crippen molar-refractivity contribution in [1.29, 1.82) is 0 Å². The third kappa shape index (κ3) is 4.57. The lowest BCUT2D eigenvalue weighted by Gasteiger charge is -2.70. The van der Waals surface area contributed by atoms with Crippen LogP contribution in [0.5, 0.6) is 0 Å². The molecule has 0 amide bonds. The molecule has 0 aromatic heterocycles. The summed E-state index contributed by atoms with van der Waals surface area (Å²) in [7, 11) is 0. The van der Waals surface area contributed by atoms with Gasteiger partial charge in [0.05, 0.1) is 5.56 Å². The minimum absolute atomic E-state index is 0.0378. The first-order chi connectivity index (χ1) is 20.4.